The van der Waals surface area contributed by atoms with Crippen molar-refractivity contribution in [3.63, 3.8) is 0 Å². The Bertz CT molecular complexity index is 2470. The minimum absolute atomic E-state index is 0.0115. The van der Waals surface area contributed by atoms with E-state index in [1.807, 2.05) is 12.1 Å². The van der Waals surface area contributed by atoms with Crippen LogP contribution in [0.3, 0.4) is 0 Å². The van der Waals surface area contributed by atoms with Gasteiger partial charge in [-0.2, -0.15) is 0 Å². The molecule has 3 aromatic carbocycles. The second kappa shape index (κ2) is 16.3. The number of nitrogens with one attached hydrogen (secondary N) is 3. The number of nitro groups is 1. The topological polar surface area (TPSA) is 172 Å². The van der Waals surface area contributed by atoms with Crippen molar-refractivity contribution < 1.29 is 27.6 Å². The van der Waals surface area contributed by atoms with E-state index in [-0.39, 0.29) is 28.3 Å². The van der Waals surface area contributed by atoms with Gasteiger partial charge in [-0.1, -0.05) is 30.7 Å². The lowest BCUT2D eigenvalue weighted by Crippen LogP contribution is -2.61. The van der Waals surface area contributed by atoms with Crippen LogP contribution in [0, 0.1) is 21.4 Å². The van der Waals surface area contributed by atoms with Crippen molar-refractivity contribution in [1.29, 1.82) is 0 Å². The number of aromatic amines is 1. The van der Waals surface area contributed by atoms with Crippen LogP contribution in [0.15, 0.2) is 90.1 Å². The standard InChI is InChI=1S/C44H49N7O7S/c52-43(48-59(55,56)35-10-12-38(40(25-35)51(53)54)46-26-30-14-21-57-22-15-30)37-11-9-33(24-41(37)58-34-23-32-13-18-45-42(32)47-27-34)49-19-16-44(17-20-49)28-50(29-44)39-8-4-2-6-31-5-1-3-7-36(31)39/h1,3,5,7,9-13,18,23-25,27,30,39,46H,2,4,6,8,14-17,19-22,26,28-29H2,(H,45,47)(H,48,52). The number of sulfonamides is 1. The van der Waals surface area contributed by atoms with Crippen LogP contribution >= 0.6 is 0 Å². The summed E-state index contributed by atoms with van der Waals surface area (Å²) in [5, 5.41) is 16.0. The van der Waals surface area contributed by atoms with E-state index in [4.69, 9.17) is 9.47 Å². The molecule has 3 saturated heterocycles. The van der Waals surface area contributed by atoms with Crippen LogP contribution < -0.4 is 19.7 Å². The van der Waals surface area contributed by atoms with Crippen LogP contribution in [0.4, 0.5) is 17.1 Å². The number of fused-ring (bicyclic) bond motifs is 2. The second-order valence-corrected chi connectivity index (χ2v) is 18.2. The Hall–Kier alpha value is -5.51. The number of aromatic nitrogens is 2. The molecule has 308 valence electrons. The molecule has 59 heavy (non-hydrogen) atoms. The zero-order valence-corrected chi connectivity index (χ0v) is 33.7. The number of ether oxygens (including phenoxy) is 2. The Morgan fingerprint density at radius 1 is 1.00 bits per heavy atom. The number of hydrogen-bond acceptors (Lipinski definition) is 11. The SMILES string of the molecule is O=C(NS(=O)(=O)c1ccc(NCC2CCOCC2)c([N+](=O)[O-])c1)c1ccc(N2CCC3(CC2)CN(C2CCCCc4ccccc42)C3)cc1Oc1cnc2[nH]ccc2c1. The molecule has 4 aliphatic rings. The Morgan fingerprint density at radius 2 is 1.81 bits per heavy atom. The van der Waals surface area contributed by atoms with E-state index in [1.165, 1.54) is 42.5 Å². The van der Waals surface area contributed by atoms with Gasteiger partial charge in [-0.05, 0) is 104 Å². The Morgan fingerprint density at radius 3 is 2.63 bits per heavy atom. The first-order valence-electron chi connectivity index (χ1n) is 20.6. The largest absolute Gasteiger partial charge is 0.455 e. The summed E-state index contributed by atoms with van der Waals surface area (Å²) < 4.78 is 41.2. The third-order valence-corrected chi connectivity index (χ3v) is 14.1. The number of likely N-dealkylation sites (tertiary alicyclic amines) is 1. The van der Waals surface area contributed by atoms with Gasteiger partial charge >= 0.3 is 0 Å². The highest BCUT2D eigenvalue weighted by Gasteiger charge is 2.47. The summed E-state index contributed by atoms with van der Waals surface area (Å²) >= 11 is 0. The lowest BCUT2D eigenvalue weighted by Gasteiger charge is -2.57. The maximum atomic E-state index is 13.9. The summed E-state index contributed by atoms with van der Waals surface area (Å²) in [5.41, 5.74) is 4.60. The molecule has 1 atom stereocenters. The molecule has 1 unspecified atom stereocenters. The highest BCUT2D eigenvalue weighted by atomic mass is 32.2. The first kappa shape index (κ1) is 39.0. The van der Waals surface area contributed by atoms with E-state index in [2.05, 4.69) is 54.1 Å². The summed E-state index contributed by atoms with van der Waals surface area (Å²) in [5.74, 6) is -0.117. The number of anilines is 2. The highest BCUT2D eigenvalue weighted by molar-refractivity contribution is 7.90. The van der Waals surface area contributed by atoms with Gasteiger partial charge in [0.25, 0.3) is 21.6 Å². The number of carbonyl (C=O) groups is 1. The molecule has 15 heteroatoms. The lowest BCUT2D eigenvalue weighted by atomic mass is 9.70. The summed E-state index contributed by atoms with van der Waals surface area (Å²) in [6.07, 6.45) is 11.9. The number of hydrogen-bond donors (Lipinski definition) is 3. The smallest absolute Gasteiger partial charge is 0.293 e. The molecule has 2 aromatic heterocycles. The number of rotatable bonds is 11. The summed E-state index contributed by atoms with van der Waals surface area (Å²) in [6, 6.07) is 21.8. The number of H-pyrrole nitrogens is 1. The minimum atomic E-state index is -4.53. The van der Waals surface area contributed by atoms with Gasteiger partial charge in [-0.15, -0.1) is 0 Å². The molecule has 3 aliphatic heterocycles. The molecule has 3 N–H and O–H groups in total. The fraction of sp³-hybridized carbons (Fsp3) is 0.409. The molecule has 14 nitrogen and oxygen atoms in total. The number of pyridine rings is 1. The van der Waals surface area contributed by atoms with E-state index in [0.717, 1.165) is 75.4 Å². The Kier molecular flexibility index (Phi) is 10.7. The van der Waals surface area contributed by atoms with Gasteiger partial charge in [-0.3, -0.25) is 19.8 Å². The number of nitro benzene ring substituents is 1. The van der Waals surface area contributed by atoms with Gasteiger partial charge in [0.05, 0.1) is 21.6 Å². The number of benzene rings is 3. The van der Waals surface area contributed by atoms with Crippen LogP contribution in [0.2, 0.25) is 0 Å². The van der Waals surface area contributed by atoms with E-state index in [0.29, 0.717) is 37.2 Å². The molecule has 1 spiro atoms. The van der Waals surface area contributed by atoms with Crippen molar-refractivity contribution >= 4 is 44.0 Å². The quantitative estimate of drug-likeness (QED) is 0.0681. The predicted molar refractivity (Wildman–Crippen MR) is 225 cm³/mol. The molecule has 0 bridgehead atoms. The zero-order chi connectivity index (χ0) is 40.6. The molecular formula is C44H49N7O7S. The second-order valence-electron chi connectivity index (χ2n) is 16.5. The predicted octanol–water partition coefficient (Wildman–Crippen LogP) is 7.59. The zero-order valence-electron chi connectivity index (χ0n) is 32.9. The molecule has 0 radical (unpaired) electrons. The van der Waals surface area contributed by atoms with E-state index < -0.39 is 31.4 Å². The van der Waals surface area contributed by atoms with Gasteiger partial charge in [0.2, 0.25) is 0 Å². The Labute approximate surface area is 343 Å². The van der Waals surface area contributed by atoms with Crippen molar-refractivity contribution in [1.82, 2.24) is 19.6 Å². The van der Waals surface area contributed by atoms with Gasteiger partial charge in [0, 0.05) is 81.4 Å². The molecule has 0 saturated carbocycles. The fourth-order valence-corrected chi connectivity index (χ4v) is 10.4. The summed E-state index contributed by atoms with van der Waals surface area (Å²) in [4.78, 5) is 37.4. The van der Waals surface area contributed by atoms with Gasteiger partial charge in [-0.25, -0.2) is 18.1 Å². The maximum Gasteiger partial charge on any atom is 0.293 e. The first-order chi connectivity index (χ1) is 28.6. The van der Waals surface area contributed by atoms with Crippen molar-refractivity contribution in [3.05, 3.63) is 112 Å². The third-order valence-electron chi connectivity index (χ3n) is 12.7. The van der Waals surface area contributed by atoms with Gasteiger partial charge in [0.15, 0.2) is 0 Å². The molecule has 9 rings (SSSR count). The first-order valence-corrected chi connectivity index (χ1v) is 22.1. The maximum absolute atomic E-state index is 13.9. The van der Waals surface area contributed by atoms with Gasteiger partial charge in [0.1, 0.15) is 22.8 Å². The lowest BCUT2D eigenvalue weighted by molar-refractivity contribution is -0.384. The average Bonchev–Trinajstić information content (AvgIpc) is 3.60. The van der Waals surface area contributed by atoms with Crippen molar-refractivity contribution in [3.8, 4) is 11.5 Å². The number of nitrogens with zero attached hydrogens (tertiary/aromatic N) is 4. The summed E-state index contributed by atoms with van der Waals surface area (Å²) in [7, 11) is -4.53. The third kappa shape index (κ3) is 8.23. The van der Waals surface area contributed by atoms with Crippen molar-refractivity contribution in [2.75, 3.05) is 56.2 Å². The van der Waals surface area contributed by atoms with Crippen LogP contribution in [-0.4, -0.2) is 80.1 Å². The van der Waals surface area contributed by atoms with Crippen molar-refractivity contribution in [2.45, 2.75) is 62.3 Å². The van der Waals surface area contributed by atoms with Crippen LogP contribution in [0.25, 0.3) is 11.0 Å². The molecule has 5 heterocycles. The van der Waals surface area contributed by atoms with Crippen LogP contribution in [0.1, 0.15) is 72.5 Å². The number of piperidine rings is 1. The summed E-state index contributed by atoms with van der Waals surface area (Å²) in [6.45, 7) is 5.62. The van der Waals surface area contributed by atoms with E-state index >= 15 is 0 Å². The van der Waals surface area contributed by atoms with Crippen LogP contribution in [-0.2, 0) is 21.2 Å². The molecule has 1 amide bonds. The highest BCUT2D eigenvalue weighted by Crippen LogP contribution is 2.47. The Balaban J connectivity index is 0.917. The van der Waals surface area contributed by atoms with E-state index in [1.54, 1.807) is 30.6 Å². The van der Waals surface area contributed by atoms with Crippen LogP contribution in [0.5, 0.6) is 11.5 Å². The normalized spacial score (nSPS) is 19.7. The minimum Gasteiger partial charge on any atom is -0.455 e. The monoisotopic (exact) mass is 819 g/mol. The average molecular weight is 820 g/mol. The number of carbonyl (C=O) groups excluding carboxylic acids is 1. The van der Waals surface area contributed by atoms with Gasteiger partial charge < -0.3 is 24.7 Å². The molecule has 5 aromatic rings. The number of aryl methyl sites for hydroxylation is 1. The van der Waals surface area contributed by atoms with Crippen molar-refractivity contribution in [2.24, 2.45) is 11.3 Å². The number of amides is 1. The molecular weight excluding hydrogens is 771 g/mol. The molecule has 3 fully saturated rings. The fourth-order valence-electron chi connectivity index (χ4n) is 9.37. The molecule has 1 aliphatic carbocycles. The van der Waals surface area contributed by atoms with E-state index in [9.17, 15) is 23.3 Å².